The van der Waals surface area contributed by atoms with E-state index in [4.69, 9.17) is 0 Å². The molecule has 3 nitrogen and oxygen atoms in total. The van der Waals surface area contributed by atoms with Crippen LogP contribution in [0, 0.1) is 0 Å². The molecule has 0 amide bonds. The Hall–Kier alpha value is -1.32. The molecule has 0 saturated carbocycles. The molecule has 0 saturated heterocycles. The van der Waals surface area contributed by atoms with Crippen LogP contribution < -0.4 is 10.6 Å². The molecular formula is C15H23N3. The first-order valence-corrected chi connectivity index (χ1v) is 6.57. The minimum Gasteiger partial charge on any atom is -0.361 e. The largest absolute Gasteiger partial charge is 0.361 e. The lowest BCUT2D eigenvalue weighted by Crippen LogP contribution is -2.40. The van der Waals surface area contributed by atoms with Crippen molar-refractivity contribution in [3.63, 3.8) is 0 Å². The molecule has 0 radical (unpaired) electrons. The lowest BCUT2D eigenvalue weighted by atomic mass is 10.1. The summed E-state index contributed by atoms with van der Waals surface area (Å²) in [6.45, 7) is 9.46. The van der Waals surface area contributed by atoms with Gasteiger partial charge < -0.3 is 15.6 Å². The first-order valence-electron chi connectivity index (χ1n) is 6.57. The number of aromatic nitrogens is 1. The van der Waals surface area contributed by atoms with Gasteiger partial charge >= 0.3 is 0 Å². The summed E-state index contributed by atoms with van der Waals surface area (Å²) in [7, 11) is 0. The molecule has 0 atom stereocenters. The zero-order valence-electron chi connectivity index (χ0n) is 11.5. The second kappa shape index (κ2) is 5.55. The summed E-state index contributed by atoms with van der Waals surface area (Å²) in [6, 6.07) is 8.53. The van der Waals surface area contributed by atoms with Crippen molar-refractivity contribution in [3.05, 3.63) is 36.0 Å². The molecule has 3 N–H and O–H groups in total. The van der Waals surface area contributed by atoms with Crippen LogP contribution >= 0.6 is 0 Å². The zero-order valence-corrected chi connectivity index (χ0v) is 11.5. The van der Waals surface area contributed by atoms with Gasteiger partial charge in [-0.2, -0.15) is 0 Å². The zero-order chi connectivity index (χ0) is 13.0. The van der Waals surface area contributed by atoms with E-state index in [2.05, 4.69) is 60.7 Å². The fraction of sp³-hybridized carbons (Fsp3) is 0.467. The van der Waals surface area contributed by atoms with Crippen molar-refractivity contribution in [2.75, 3.05) is 13.1 Å². The maximum Gasteiger partial charge on any atom is 0.0457 e. The molecule has 2 rings (SSSR count). The second-order valence-corrected chi connectivity index (χ2v) is 5.71. The van der Waals surface area contributed by atoms with E-state index >= 15 is 0 Å². The van der Waals surface area contributed by atoms with Gasteiger partial charge in [0.25, 0.3) is 0 Å². The van der Waals surface area contributed by atoms with E-state index in [-0.39, 0.29) is 5.54 Å². The number of benzene rings is 1. The van der Waals surface area contributed by atoms with E-state index in [1.807, 2.05) is 6.20 Å². The number of hydrogen-bond acceptors (Lipinski definition) is 2. The Morgan fingerprint density at radius 1 is 1.11 bits per heavy atom. The van der Waals surface area contributed by atoms with Crippen LogP contribution in [0.15, 0.2) is 30.5 Å². The average Bonchev–Trinajstić information content (AvgIpc) is 2.75. The third kappa shape index (κ3) is 3.59. The Labute approximate surface area is 109 Å². The highest BCUT2D eigenvalue weighted by Gasteiger charge is 2.07. The van der Waals surface area contributed by atoms with Gasteiger partial charge in [0.15, 0.2) is 0 Å². The molecule has 0 bridgehead atoms. The third-order valence-corrected chi connectivity index (χ3v) is 2.96. The number of nitrogens with one attached hydrogen (secondary N) is 3. The molecule has 1 aromatic carbocycles. The van der Waals surface area contributed by atoms with Crippen molar-refractivity contribution >= 4 is 10.9 Å². The molecule has 1 heterocycles. The lowest BCUT2D eigenvalue weighted by Gasteiger charge is -2.20. The van der Waals surface area contributed by atoms with E-state index in [9.17, 15) is 0 Å². The highest BCUT2D eigenvalue weighted by atomic mass is 15.0. The normalized spacial score (nSPS) is 12.2. The third-order valence-electron chi connectivity index (χ3n) is 2.96. The van der Waals surface area contributed by atoms with Crippen LogP contribution in [0.1, 0.15) is 26.3 Å². The predicted molar refractivity (Wildman–Crippen MR) is 77.8 cm³/mol. The maximum atomic E-state index is 3.48. The Morgan fingerprint density at radius 2 is 1.94 bits per heavy atom. The Kier molecular flexibility index (Phi) is 4.04. The van der Waals surface area contributed by atoms with E-state index in [0.717, 1.165) is 19.6 Å². The summed E-state index contributed by atoms with van der Waals surface area (Å²) in [5.74, 6) is 0. The molecule has 1 aromatic heterocycles. The Bertz CT molecular complexity index is 494. The Balaban J connectivity index is 1.82. The lowest BCUT2D eigenvalue weighted by molar-refractivity contribution is 0.421. The van der Waals surface area contributed by atoms with Crippen LogP contribution in [-0.4, -0.2) is 23.6 Å². The van der Waals surface area contributed by atoms with E-state index in [0.29, 0.717) is 0 Å². The van der Waals surface area contributed by atoms with Crippen LogP contribution in [0.4, 0.5) is 0 Å². The molecule has 98 valence electrons. The van der Waals surface area contributed by atoms with Crippen molar-refractivity contribution in [1.82, 2.24) is 15.6 Å². The molecule has 2 aromatic rings. The van der Waals surface area contributed by atoms with Gasteiger partial charge in [0.1, 0.15) is 0 Å². The molecule has 3 heteroatoms. The van der Waals surface area contributed by atoms with Crippen molar-refractivity contribution in [2.45, 2.75) is 32.9 Å². The number of H-pyrrole nitrogens is 1. The molecule has 0 aliphatic carbocycles. The topological polar surface area (TPSA) is 39.8 Å². The summed E-state index contributed by atoms with van der Waals surface area (Å²) in [5.41, 5.74) is 2.76. The van der Waals surface area contributed by atoms with Gasteiger partial charge in [-0.1, -0.05) is 12.1 Å². The molecular weight excluding hydrogens is 222 g/mol. The van der Waals surface area contributed by atoms with E-state index in [1.165, 1.54) is 16.5 Å². The average molecular weight is 245 g/mol. The Morgan fingerprint density at radius 3 is 2.72 bits per heavy atom. The van der Waals surface area contributed by atoms with Crippen molar-refractivity contribution in [1.29, 1.82) is 0 Å². The smallest absolute Gasteiger partial charge is 0.0457 e. The highest BCUT2D eigenvalue weighted by molar-refractivity contribution is 5.82. The molecule has 18 heavy (non-hydrogen) atoms. The summed E-state index contributed by atoms with van der Waals surface area (Å²) in [6.07, 6.45) is 2.00. The van der Waals surface area contributed by atoms with Gasteiger partial charge in [0, 0.05) is 42.3 Å². The first kappa shape index (κ1) is 13.1. The molecule has 0 spiro atoms. The van der Waals surface area contributed by atoms with Crippen LogP contribution in [0.3, 0.4) is 0 Å². The van der Waals surface area contributed by atoms with Gasteiger partial charge in [0.2, 0.25) is 0 Å². The van der Waals surface area contributed by atoms with Gasteiger partial charge in [-0.3, -0.25) is 0 Å². The summed E-state index contributed by atoms with van der Waals surface area (Å²) in [5, 5.41) is 8.27. The van der Waals surface area contributed by atoms with Crippen molar-refractivity contribution in [2.24, 2.45) is 0 Å². The van der Waals surface area contributed by atoms with Gasteiger partial charge in [-0.25, -0.2) is 0 Å². The molecule has 0 unspecified atom stereocenters. The summed E-state index contributed by atoms with van der Waals surface area (Å²) >= 11 is 0. The minimum atomic E-state index is 0.197. The quantitative estimate of drug-likeness (QED) is 0.709. The SMILES string of the molecule is CC(C)(C)NCCNCc1cccc2[nH]ccc12. The maximum absolute atomic E-state index is 3.48. The minimum absolute atomic E-state index is 0.197. The van der Waals surface area contributed by atoms with Crippen molar-refractivity contribution in [3.8, 4) is 0 Å². The molecule has 0 aliphatic rings. The predicted octanol–water partition coefficient (Wildman–Crippen LogP) is 2.65. The van der Waals surface area contributed by atoms with Gasteiger partial charge in [0.05, 0.1) is 0 Å². The van der Waals surface area contributed by atoms with E-state index < -0.39 is 0 Å². The van der Waals surface area contributed by atoms with Gasteiger partial charge in [-0.15, -0.1) is 0 Å². The standard InChI is InChI=1S/C15H23N3/c1-15(2,3)18-10-9-16-11-12-5-4-6-14-13(12)7-8-17-14/h4-8,16-18H,9-11H2,1-3H3. The number of hydrogen-bond donors (Lipinski definition) is 3. The molecule has 0 fully saturated rings. The number of rotatable bonds is 5. The second-order valence-electron chi connectivity index (χ2n) is 5.71. The van der Waals surface area contributed by atoms with Crippen LogP contribution in [0.2, 0.25) is 0 Å². The van der Waals surface area contributed by atoms with Crippen LogP contribution in [0.5, 0.6) is 0 Å². The summed E-state index contributed by atoms with van der Waals surface area (Å²) < 4.78 is 0. The van der Waals surface area contributed by atoms with Crippen molar-refractivity contribution < 1.29 is 0 Å². The first-order chi connectivity index (χ1) is 8.56. The summed E-state index contributed by atoms with van der Waals surface area (Å²) in [4.78, 5) is 3.24. The van der Waals surface area contributed by atoms with Gasteiger partial charge in [-0.05, 0) is 38.5 Å². The fourth-order valence-electron chi connectivity index (χ4n) is 2.05. The van der Waals surface area contributed by atoms with Crippen LogP contribution in [0.25, 0.3) is 10.9 Å². The fourth-order valence-corrected chi connectivity index (χ4v) is 2.05. The molecule has 0 aliphatic heterocycles. The van der Waals surface area contributed by atoms with Crippen LogP contribution in [-0.2, 0) is 6.54 Å². The van der Waals surface area contributed by atoms with E-state index in [1.54, 1.807) is 0 Å². The number of aromatic amines is 1. The number of fused-ring (bicyclic) bond motifs is 1. The monoisotopic (exact) mass is 245 g/mol. The highest BCUT2D eigenvalue weighted by Crippen LogP contribution is 2.16.